The molecule has 0 fully saturated rings. The second-order valence-electron chi connectivity index (χ2n) is 6.25. The molecule has 0 aliphatic carbocycles. The lowest BCUT2D eigenvalue weighted by atomic mass is 10.0. The Morgan fingerprint density at radius 2 is 1.87 bits per heavy atom. The summed E-state index contributed by atoms with van der Waals surface area (Å²) in [5.41, 5.74) is 2.76. The molecule has 0 saturated heterocycles. The third kappa shape index (κ3) is 5.76. The van der Waals surface area contributed by atoms with Crippen LogP contribution in [0.15, 0.2) is 24.3 Å². The third-order valence-electron chi connectivity index (χ3n) is 4.08. The van der Waals surface area contributed by atoms with Gasteiger partial charge in [-0.15, -0.1) is 13.2 Å². The van der Waals surface area contributed by atoms with E-state index in [1.165, 1.54) is 32.4 Å². The number of esters is 1. The summed E-state index contributed by atoms with van der Waals surface area (Å²) in [5.74, 6) is -0.735. The predicted octanol–water partition coefficient (Wildman–Crippen LogP) is 4.22. The van der Waals surface area contributed by atoms with E-state index < -0.39 is 18.6 Å². The number of carbonyl (C=O) groups is 1. The molecule has 7 nitrogen and oxygen atoms in total. The fourth-order valence-corrected chi connectivity index (χ4v) is 2.80. The number of hydrogen-bond donors (Lipinski definition) is 1. The van der Waals surface area contributed by atoms with Gasteiger partial charge in [0.2, 0.25) is 12.1 Å². The first-order chi connectivity index (χ1) is 14.1. The second kappa shape index (κ2) is 9.66. The van der Waals surface area contributed by atoms with Gasteiger partial charge in [-0.2, -0.15) is 0 Å². The number of pyridine rings is 1. The molecule has 0 aliphatic heterocycles. The number of rotatable bonds is 8. The van der Waals surface area contributed by atoms with Crippen LogP contribution in [-0.4, -0.2) is 44.4 Å². The van der Waals surface area contributed by atoms with E-state index in [1.54, 1.807) is 26.8 Å². The molecule has 0 aliphatic rings. The van der Waals surface area contributed by atoms with Crippen LogP contribution in [0.5, 0.6) is 11.6 Å². The van der Waals surface area contributed by atoms with Crippen molar-refractivity contribution in [2.75, 3.05) is 26.1 Å². The summed E-state index contributed by atoms with van der Waals surface area (Å²) < 4.78 is 56.7. The summed E-state index contributed by atoms with van der Waals surface area (Å²) >= 11 is 0. The van der Waals surface area contributed by atoms with E-state index in [0.717, 1.165) is 0 Å². The van der Waals surface area contributed by atoms with Gasteiger partial charge in [-0.25, -0.2) is 9.78 Å². The average Bonchev–Trinajstić information content (AvgIpc) is 2.65. The Labute approximate surface area is 172 Å². The summed E-state index contributed by atoms with van der Waals surface area (Å²) in [6.45, 7) is 5.30. The fraction of sp³-hybridized carbons (Fsp3) is 0.400. The number of nitrogens with one attached hydrogen (secondary N) is 1. The van der Waals surface area contributed by atoms with Crippen molar-refractivity contribution in [1.82, 2.24) is 4.98 Å². The Morgan fingerprint density at radius 3 is 2.40 bits per heavy atom. The maximum atomic E-state index is 12.4. The molecule has 0 amide bonds. The first-order valence-corrected chi connectivity index (χ1v) is 8.98. The zero-order valence-corrected chi connectivity index (χ0v) is 17.2. The van der Waals surface area contributed by atoms with Crippen LogP contribution in [0.4, 0.5) is 18.9 Å². The normalized spacial score (nSPS) is 12.3. The van der Waals surface area contributed by atoms with Gasteiger partial charge in [-0.3, -0.25) is 0 Å². The molecular weight excluding hydrogens is 405 g/mol. The number of aryl methyl sites for hydroxylation is 2. The largest absolute Gasteiger partial charge is 0.573 e. The average molecular weight is 428 g/mol. The maximum absolute atomic E-state index is 12.4. The van der Waals surface area contributed by atoms with Crippen LogP contribution in [0.2, 0.25) is 0 Å². The molecule has 0 saturated carbocycles. The van der Waals surface area contributed by atoms with Gasteiger partial charge >= 0.3 is 12.3 Å². The van der Waals surface area contributed by atoms with E-state index in [0.29, 0.717) is 28.1 Å². The van der Waals surface area contributed by atoms with Crippen LogP contribution in [0.1, 0.15) is 18.1 Å². The number of methoxy groups -OCH3 is 2. The number of halogens is 3. The number of nitrogens with zero attached hydrogens (tertiary/aromatic N) is 1. The Balaban J connectivity index is 2.39. The lowest BCUT2D eigenvalue weighted by Crippen LogP contribution is -2.33. The van der Waals surface area contributed by atoms with Crippen molar-refractivity contribution < 1.29 is 36.9 Å². The number of alkyl halides is 3. The molecule has 1 unspecified atom stereocenters. The highest BCUT2D eigenvalue weighted by Crippen LogP contribution is 2.34. The minimum absolute atomic E-state index is 0.178. The van der Waals surface area contributed by atoms with Gasteiger partial charge in [-0.1, -0.05) is 0 Å². The van der Waals surface area contributed by atoms with Gasteiger partial charge in [0.1, 0.15) is 5.75 Å². The minimum Gasteiger partial charge on any atom is -0.480 e. The van der Waals surface area contributed by atoms with Crippen molar-refractivity contribution in [3.8, 4) is 22.9 Å². The quantitative estimate of drug-likeness (QED) is 0.498. The Morgan fingerprint density at radius 1 is 1.17 bits per heavy atom. The summed E-state index contributed by atoms with van der Waals surface area (Å²) in [7, 11) is 2.76. The molecule has 0 radical (unpaired) electrons. The molecule has 10 heteroatoms. The summed E-state index contributed by atoms with van der Waals surface area (Å²) in [6, 6.07) is 5.70. The summed E-state index contributed by atoms with van der Waals surface area (Å²) in [6.07, 6.45) is -5.83. The van der Waals surface area contributed by atoms with Crippen molar-refractivity contribution in [1.29, 1.82) is 0 Å². The standard InChI is InChI=1S/C20H23F3N2O5/c1-6-29-19(26)18(28-5)24-15-10-12(3)16(25-17(15)27-4)14-8-7-13(9-11(14)2)30-20(21,22)23/h7-10,18,24H,6H2,1-5H3. The van der Waals surface area contributed by atoms with Crippen molar-refractivity contribution >= 4 is 11.7 Å². The lowest BCUT2D eigenvalue weighted by molar-refractivity contribution is -0.274. The van der Waals surface area contributed by atoms with Gasteiger partial charge < -0.3 is 24.3 Å². The van der Waals surface area contributed by atoms with Crippen molar-refractivity contribution in [2.24, 2.45) is 0 Å². The van der Waals surface area contributed by atoms with E-state index in [9.17, 15) is 18.0 Å². The molecule has 1 N–H and O–H groups in total. The highest BCUT2D eigenvalue weighted by Gasteiger charge is 2.31. The first-order valence-electron chi connectivity index (χ1n) is 8.98. The van der Waals surface area contributed by atoms with Crippen LogP contribution in [0.25, 0.3) is 11.3 Å². The second-order valence-corrected chi connectivity index (χ2v) is 6.25. The van der Waals surface area contributed by atoms with Crippen LogP contribution in [-0.2, 0) is 14.3 Å². The molecule has 0 spiro atoms. The number of hydrogen-bond acceptors (Lipinski definition) is 7. The minimum atomic E-state index is -4.77. The van der Waals surface area contributed by atoms with E-state index in [4.69, 9.17) is 14.2 Å². The van der Waals surface area contributed by atoms with Gasteiger partial charge in [-0.05, 0) is 56.2 Å². The molecule has 1 heterocycles. The molecule has 1 atom stereocenters. The number of benzene rings is 1. The van der Waals surface area contributed by atoms with Gasteiger partial charge in [0.25, 0.3) is 0 Å². The van der Waals surface area contributed by atoms with Gasteiger partial charge in [0.15, 0.2) is 0 Å². The molecule has 2 rings (SSSR count). The number of anilines is 1. The van der Waals surface area contributed by atoms with Crippen molar-refractivity contribution in [2.45, 2.75) is 33.4 Å². The van der Waals surface area contributed by atoms with Crippen LogP contribution in [0.3, 0.4) is 0 Å². The van der Waals surface area contributed by atoms with Gasteiger partial charge in [0.05, 0.1) is 25.1 Å². The first kappa shape index (κ1) is 23.3. The van der Waals surface area contributed by atoms with E-state index in [1.807, 2.05) is 0 Å². The highest BCUT2D eigenvalue weighted by atomic mass is 19.4. The summed E-state index contributed by atoms with van der Waals surface area (Å²) in [5, 5.41) is 2.87. The SMILES string of the molecule is CCOC(=O)C(Nc1cc(C)c(-c2ccc(OC(F)(F)F)cc2C)nc1OC)OC. The summed E-state index contributed by atoms with van der Waals surface area (Å²) in [4.78, 5) is 16.4. The van der Waals surface area contributed by atoms with Crippen LogP contribution >= 0.6 is 0 Å². The lowest BCUT2D eigenvalue weighted by Gasteiger charge is -2.20. The molecule has 1 aromatic carbocycles. The number of carbonyl (C=O) groups excluding carboxylic acids is 1. The fourth-order valence-electron chi connectivity index (χ4n) is 2.80. The van der Waals surface area contributed by atoms with E-state index >= 15 is 0 Å². The molecule has 30 heavy (non-hydrogen) atoms. The maximum Gasteiger partial charge on any atom is 0.573 e. The highest BCUT2D eigenvalue weighted by molar-refractivity contribution is 5.79. The third-order valence-corrected chi connectivity index (χ3v) is 4.08. The van der Waals surface area contributed by atoms with Crippen molar-refractivity contribution in [3.63, 3.8) is 0 Å². The Kier molecular flexibility index (Phi) is 7.49. The molecule has 0 bridgehead atoms. The number of ether oxygens (including phenoxy) is 4. The zero-order chi connectivity index (χ0) is 22.5. The van der Waals surface area contributed by atoms with E-state index in [-0.39, 0.29) is 18.2 Å². The molecular formula is C20H23F3N2O5. The Bertz CT molecular complexity index is 903. The van der Waals surface area contributed by atoms with Crippen LogP contribution < -0.4 is 14.8 Å². The topological polar surface area (TPSA) is 78.9 Å². The van der Waals surface area contributed by atoms with E-state index in [2.05, 4.69) is 15.0 Å². The molecule has 164 valence electrons. The van der Waals surface area contributed by atoms with Crippen molar-refractivity contribution in [3.05, 3.63) is 35.4 Å². The van der Waals surface area contributed by atoms with Crippen LogP contribution in [0, 0.1) is 13.8 Å². The number of aromatic nitrogens is 1. The zero-order valence-electron chi connectivity index (χ0n) is 17.2. The monoisotopic (exact) mass is 428 g/mol. The van der Waals surface area contributed by atoms with Gasteiger partial charge in [0, 0.05) is 12.7 Å². The Hall–Kier alpha value is -3.01. The molecule has 2 aromatic rings. The smallest absolute Gasteiger partial charge is 0.480 e. The molecule has 1 aromatic heterocycles. The predicted molar refractivity (Wildman–Crippen MR) is 103 cm³/mol.